The van der Waals surface area contributed by atoms with Gasteiger partial charge in [-0.2, -0.15) is 0 Å². The van der Waals surface area contributed by atoms with Crippen molar-refractivity contribution in [3.8, 4) is 0 Å². The van der Waals surface area contributed by atoms with E-state index in [2.05, 4.69) is 0 Å². The summed E-state index contributed by atoms with van der Waals surface area (Å²) in [6.07, 6.45) is 0. The predicted molar refractivity (Wildman–Crippen MR) is 48.9 cm³/mol. The molecule has 0 aromatic carbocycles. The Hall–Kier alpha value is 1.58. The third kappa shape index (κ3) is 19.8. The molecule has 0 aromatic heterocycles. The van der Waals surface area contributed by atoms with Crippen molar-refractivity contribution < 1.29 is 69.0 Å². The van der Waals surface area contributed by atoms with Gasteiger partial charge in [0, 0.05) is 19.6 Å². The first-order valence-electron chi connectivity index (χ1n) is 3.15. The van der Waals surface area contributed by atoms with E-state index in [4.69, 9.17) is 34.7 Å². The second-order valence-electron chi connectivity index (χ2n) is 1.53. The molecule has 3 nitrogen and oxygen atoms in total. The van der Waals surface area contributed by atoms with E-state index in [1.807, 2.05) is 18.7 Å². The summed E-state index contributed by atoms with van der Waals surface area (Å²) < 4.78 is 0.579. The Bertz CT molecular complexity index is 123. The molecule has 0 N–H and O–H groups in total. The molecule has 0 aliphatic heterocycles. The zero-order valence-electron chi connectivity index (χ0n) is 8.57. The second-order valence-corrected chi connectivity index (χ2v) is 2.57. The van der Waals surface area contributed by atoms with Crippen LogP contribution >= 0.6 is 12.2 Å². The van der Waals surface area contributed by atoms with Crippen molar-refractivity contribution in [2.75, 3.05) is 13.1 Å². The summed E-state index contributed by atoms with van der Waals surface area (Å²) in [5.41, 5.74) is 0. The molecule has 0 radical (unpaired) electrons. The number of thiocarbonyl (C=S) groups is 1. The molecule has 0 unspecified atom stereocenters. The van der Waals surface area contributed by atoms with Gasteiger partial charge < -0.3 is 39.6 Å². The van der Waals surface area contributed by atoms with Crippen molar-refractivity contribution in [1.82, 2.24) is 4.90 Å². The molecule has 0 heterocycles. The fourth-order valence-electron chi connectivity index (χ4n) is 0.482. The van der Waals surface area contributed by atoms with Gasteiger partial charge in [0.15, 0.2) is 0 Å². The maximum absolute atomic E-state index is 8.25. The van der Waals surface area contributed by atoms with Crippen LogP contribution in [-0.2, 0) is 17.4 Å². The molecule has 66 valence electrons. The van der Waals surface area contributed by atoms with Crippen LogP contribution in [0.2, 0.25) is 0 Å². The molecule has 0 atom stereocenters. The third-order valence-electron chi connectivity index (χ3n) is 1.02. The Labute approximate surface area is 135 Å². The molecule has 0 saturated carbocycles. The average Bonchev–Trinajstić information content (AvgIpc) is 1.91. The quantitative estimate of drug-likeness (QED) is 0.207. The van der Waals surface area contributed by atoms with Crippen LogP contribution in [0.3, 0.4) is 0 Å². The van der Waals surface area contributed by atoms with Gasteiger partial charge in [0.2, 0.25) is 0 Å². The number of hydrogen-bond donors (Lipinski definition) is 0. The topological polar surface area (TPSA) is 43.4 Å². The first-order valence-corrected chi connectivity index (χ1v) is 3.97. The average molecular weight is 239 g/mol. The van der Waals surface area contributed by atoms with Gasteiger partial charge >= 0.3 is 59.1 Å². The smallest absolute Gasteiger partial charge is 0.554 e. The fraction of sp³-hybridized carbons (Fsp3) is 0.667. The van der Waals surface area contributed by atoms with E-state index in [1.54, 1.807) is 0 Å². The second kappa shape index (κ2) is 19.2. The Morgan fingerprint density at radius 1 is 1.46 bits per heavy atom. The Morgan fingerprint density at radius 3 is 1.69 bits per heavy atom. The summed E-state index contributed by atoms with van der Waals surface area (Å²) in [5, 5.41) is 8.25. The monoisotopic (exact) mass is 239 g/mol. The van der Waals surface area contributed by atoms with Crippen molar-refractivity contribution in [2.24, 2.45) is 0 Å². The van der Waals surface area contributed by atoms with Gasteiger partial charge in [-0.1, -0.05) is 4.32 Å². The van der Waals surface area contributed by atoms with Crippen LogP contribution in [0.1, 0.15) is 13.8 Å². The van der Waals surface area contributed by atoms with Gasteiger partial charge in [0.05, 0.1) is 0 Å². The molecular formula is C6H11NNa2O2S2. The van der Waals surface area contributed by atoms with Crippen LogP contribution in [0.15, 0.2) is 0 Å². The fourth-order valence-corrected chi connectivity index (χ4v) is 0.998. The number of nitrogens with zero attached hydrogens (tertiary/aromatic N) is 1. The minimum Gasteiger partial charge on any atom is -0.554 e. The van der Waals surface area contributed by atoms with Crippen LogP contribution in [0.5, 0.6) is 0 Å². The zero-order valence-corrected chi connectivity index (χ0v) is 14.2. The van der Waals surface area contributed by atoms with E-state index in [0.717, 1.165) is 13.1 Å². The van der Waals surface area contributed by atoms with Crippen LogP contribution in [-0.4, -0.2) is 28.8 Å². The molecule has 0 aliphatic carbocycles. The normalized spacial score (nSPS) is 6.31. The Balaban J connectivity index is -0.0000000720. The minimum atomic E-state index is -0.500. The molecule has 0 bridgehead atoms. The number of carbonyl (C=O) groups excluding carboxylic acids is 1. The molecule has 0 aliphatic rings. The van der Waals surface area contributed by atoms with Gasteiger partial charge in [-0.05, 0) is 13.8 Å². The molecule has 0 saturated heterocycles. The number of rotatable bonds is 2. The van der Waals surface area contributed by atoms with E-state index in [0.29, 0.717) is 4.32 Å². The maximum atomic E-state index is 8.25. The molecule has 0 spiro atoms. The van der Waals surface area contributed by atoms with E-state index in [-0.39, 0.29) is 59.1 Å². The van der Waals surface area contributed by atoms with E-state index in [9.17, 15) is 0 Å². The summed E-state index contributed by atoms with van der Waals surface area (Å²) in [5.74, 6) is 0. The standard InChI is InChI=1S/C5H11NS2.CH2O2.2Na/c1-3-6(4-2)5(7)8;2-1-3;;/h3-4H2,1-2H3,(H,7,8);1H,(H,2,3);;/q;;2*+1/p-2. The number of hydrogen-bond acceptors (Lipinski definition) is 4. The summed E-state index contributed by atoms with van der Waals surface area (Å²) in [4.78, 5) is 10.2. The SMILES string of the molecule is CCN(CC)C(=S)[S-].O=C[O-].[Na+].[Na+]. The van der Waals surface area contributed by atoms with E-state index in [1.165, 1.54) is 0 Å². The van der Waals surface area contributed by atoms with Crippen molar-refractivity contribution in [3.05, 3.63) is 0 Å². The minimum absolute atomic E-state index is 0. The van der Waals surface area contributed by atoms with Crippen LogP contribution in [0, 0.1) is 0 Å². The third-order valence-corrected chi connectivity index (χ3v) is 1.54. The first kappa shape index (κ1) is 24.0. The van der Waals surface area contributed by atoms with Crippen LogP contribution in [0.25, 0.3) is 0 Å². The van der Waals surface area contributed by atoms with Gasteiger partial charge in [0.25, 0.3) is 0 Å². The Kier molecular flexibility index (Phi) is 35.5. The molecule has 13 heavy (non-hydrogen) atoms. The van der Waals surface area contributed by atoms with E-state index >= 15 is 0 Å². The predicted octanol–water partition coefficient (Wildman–Crippen LogP) is -6.47. The van der Waals surface area contributed by atoms with Gasteiger partial charge in [0.1, 0.15) is 0 Å². The van der Waals surface area contributed by atoms with Crippen LogP contribution in [0.4, 0.5) is 0 Å². The molecule has 0 fully saturated rings. The molecule has 7 heteroatoms. The van der Waals surface area contributed by atoms with Gasteiger partial charge in [-0.3, -0.25) is 0 Å². The van der Waals surface area contributed by atoms with Crippen molar-refractivity contribution >= 4 is 35.6 Å². The largest absolute Gasteiger partial charge is 1.00 e. The maximum Gasteiger partial charge on any atom is 1.00 e. The van der Waals surface area contributed by atoms with Crippen molar-refractivity contribution in [3.63, 3.8) is 0 Å². The summed E-state index contributed by atoms with van der Waals surface area (Å²) >= 11 is 9.51. The van der Waals surface area contributed by atoms with Crippen LogP contribution < -0.4 is 64.2 Å². The molecule has 0 rings (SSSR count). The summed E-state index contributed by atoms with van der Waals surface area (Å²) in [7, 11) is 0. The molecule has 0 amide bonds. The summed E-state index contributed by atoms with van der Waals surface area (Å²) in [6, 6.07) is 0. The zero-order chi connectivity index (χ0) is 9.28. The van der Waals surface area contributed by atoms with Crippen molar-refractivity contribution in [2.45, 2.75) is 13.8 Å². The summed E-state index contributed by atoms with van der Waals surface area (Å²) in [6.45, 7) is 5.45. The Morgan fingerprint density at radius 2 is 1.69 bits per heavy atom. The van der Waals surface area contributed by atoms with E-state index < -0.39 is 6.47 Å². The number of carbonyl (C=O) groups is 1. The molecule has 0 aromatic rings. The first-order chi connectivity index (χ1) is 5.13. The molecular weight excluding hydrogens is 228 g/mol. The van der Waals surface area contributed by atoms with Crippen molar-refractivity contribution in [1.29, 1.82) is 0 Å². The van der Waals surface area contributed by atoms with Gasteiger partial charge in [-0.25, -0.2) is 0 Å². The van der Waals surface area contributed by atoms with Gasteiger partial charge in [-0.15, -0.1) is 0 Å². The number of carboxylic acid groups (broad SMARTS) is 1.